The number of rotatable bonds is 4. The van der Waals surface area contributed by atoms with Gasteiger partial charge >= 0.3 is 0 Å². The lowest BCUT2D eigenvalue weighted by molar-refractivity contribution is -0.00804. The van der Waals surface area contributed by atoms with Crippen molar-refractivity contribution in [1.29, 1.82) is 0 Å². The smallest absolute Gasteiger partial charge is 0.194 e. The van der Waals surface area contributed by atoms with Gasteiger partial charge in [0.25, 0.3) is 0 Å². The highest BCUT2D eigenvalue weighted by Gasteiger charge is 2.32. The maximum absolute atomic E-state index is 5.91. The van der Waals surface area contributed by atoms with Crippen molar-refractivity contribution in [3.63, 3.8) is 0 Å². The molecular formula is C16H27N5O. The molecule has 1 aliphatic heterocycles. The Bertz CT molecular complexity index is 526. The predicted octanol–water partition coefficient (Wildman–Crippen LogP) is 1.41. The van der Waals surface area contributed by atoms with Crippen molar-refractivity contribution in [3.05, 3.63) is 18.0 Å². The van der Waals surface area contributed by atoms with E-state index in [-0.39, 0.29) is 6.10 Å². The number of nitrogens with zero attached hydrogens (tertiary/aromatic N) is 4. The Hall–Kier alpha value is -1.56. The first-order valence-corrected chi connectivity index (χ1v) is 8.30. The van der Waals surface area contributed by atoms with Crippen LogP contribution in [0.2, 0.25) is 0 Å². The molecule has 2 heterocycles. The third-order valence-corrected chi connectivity index (χ3v) is 4.55. The van der Waals surface area contributed by atoms with Crippen molar-refractivity contribution in [3.8, 4) is 0 Å². The molecule has 22 heavy (non-hydrogen) atoms. The molecular weight excluding hydrogens is 278 g/mol. The van der Waals surface area contributed by atoms with Crippen LogP contribution in [0.1, 0.15) is 31.9 Å². The number of ether oxygens (including phenoxy) is 1. The molecule has 6 nitrogen and oxygen atoms in total. The molecule has 1 N–H and O–H groups in total. The Morgan fingerprint density at radius 2 is 2.36 bits per heavy atom. The van der Waals surface area contributed by atoms with Gasteiger partial charge in [0.15, 0.2) is 5.96 Å². The fourth-order valence-electron chi connectivity index (χ4n) is 2.93. The molecule has 0 bridgehead atoms. The number of guanidine groups is 1. The van der Waals surface area contributed by atoms with Gasteiger partial charge in [0.05, 0.1) is 19.3 Å². The molecule has 122 valence electrons. The Morgan fingerprint density at radius 3 is 3.00 bits per heavy atom. The lowest BCUT2D eigenvalue weighted by Gasteiger charge is -2.34. The van der Waals surface area contributed by atoms with E-state index < -0.39 is 0 Å². The summed E-state index contributed by atoms with van der Waals surface area (Å²) >= 11 is 0. The van der Waals surface area contributed by atoms with Gasteiger partial charge < -0.3 is 15.0 Å². The molecule has 3 atom stereocenters. The molecule has 0 aromatic carbocycles. The Kier molecular flexibility index (Phi) is 4.66. The van der Waals surface area contributed by atoms with Crippen molar-refractivity contribution in [1.82, 2.24) is 20.0 Å². The lowest BCUT2D eigenvalue weighted by Crippen LogP contribution is -2.48. The van der Waals surface area contributed by atoms with Gasteiger partial charge in [0.1, 0.15) is 6.10 Å². The van der Waals surface area contributed by atoms with E-state index in [0.717, 1.165) is 56.1 Å². The van der Waals surface area contributed by atoms with Crippen LogP contribution in [0, 0.1) is 11.8 Å². The second kappa shape index (κ2) is 6.69. The quantitative estimate of drug-likeness (QED) is 0.675. The van der Waals surface area contributed by atoms with Gasteiger partial charge in [0.2, 0.25) is 0 Å². The molecule has 3 unspecified atom stereocenters. The zero-order valence-corrected chi connectivity index (χ0v) is 13.8. The van der Waals surface area contributed by atoms with Crippen molar-refractivity contribution in [2.75, 3.05) is 32.8 Å². The predicted molar refractivity (Wildman–Crippen MR) is 86.7 cm³/mol. The first kappa shape index (κ1) is 15.3. The van der Waals surface area contributed by atoms with Crippen LogP contribution in [0.25, 0.3) is 0 Å². The number of aliphatic imine (C=N–C) groups is 1. The molecule has 3 rings (SSSR count). The third kappa shape index (κ3) is 3.61. The molecule has 2 fully saturated rings. The van der Waals surface area contributed by atoms with Crippen molar-refractivity contribution in [2.45, 2.75) is 26.4 Å². The number of aryl methyl sites for hydroxylation is 1. The normalized spacial score (nSPS) is 28.8. The van der Waals surface area contributed by atoms with E-state index >= 15 is 0 Å². The second-order valence-electron chi connectivity index (χ2n) is 6.42. The summed E-state index contributed by atoms with van der Waals surface area (Å²) < 4.78 is 7.74. The monoisotopic (exact) mass is 305 g/mol. The molecule has 0 radical (unpaired) electrons. The minimum Gasteiger partial charge on any atom is -0.370 e. The van der Waals surface area contributed by atoms with E-state index in [9.17, 15) is 0 Å². The minimum atomic E-state index is 0.0751. The molecule has 1 saturated carbocycles. The van der Waals surface area contributed by atoms with Crippen LogP contribution < -0.4 is 5.32 Å². The number of hydrogen-bond donors (Lipinski definition) is 1. The third-order valence-electron chi connectivity index (χ3n) is 4.55. The summed E-state index contributed by atoms with van der Waals surface area (Å²) in [6, 6.07) is 0. The summed E-state index contributed by atoms with van der Waals surface area (Å²) in [5.41, 5.74) is 1.14. The summed E-state index contributed by atoms with van der Waals surface area (Å²) in [6.07, 6.45) is 5.32. The number of hydrogen-bond acceptors (Lipinski definition) is 3. The topological polar surface area (TPSA) is 54.7 Å². The lowest BCUT2D eigenvalue weighted by atomic mass is 10.1. The van der Waals surface area contributed by atoms with Crippen LogP contribution >= 0.6 is 0 Å². The van der Waals surface area contributed by atoms with Gasteiger partial charge in [-0.25, -0.2) is 0 Å². The number of nitrogens with one attached hydrogen (secondary N) is 1. The van der Waals surface area contributed by atoms with E-state index in [1.807, 2.05) is 24.1 Å². The Morgan fingerprint density at radius 1 is 1.55 bits per heavy atom. The zero-order valence-electron chi connectivity index (χ0n) is 13.8. The highest BCUT2D eigenvalue weighted by molar-refractivity contribution is 5.80. The molecule has 1 aromatic rings. The van der Waals surface area contributed by atoms with E-state index in [1.165, 1.54) is 6.42 Å². The van der Waals surface area contributed by atoms with Crippen molar-refractivity contribution in [2.24, 2.45) is 23.9 Å². The molecule has 1 aliphatic carbocycles. The van der Waals surface area contributed by atoms with Gasteiger partial charge in [-0.2, -0.15) is 5.10 Å². The van der Waals surface area contributed by atoms with Crippen LogP contribution in [0.4, 0.5) is 0 Å². The van der Waals surface area contributed by atoms with Crippen molar-refractivity contribution >= 4 is 5.96 Å². The molecule has 0 amide bonds. The average molecular weight is 305 g/mol. The van der Waals surface area contributed by atoms with E-state index in [1.54, 1.807) is 0 Å². The fraction of sp³-hybridized carbons (Fsp3) is 0.750. The van der Waals surface area contributed by atoms with Crippen LogP contribution in [0.5, 0.6) is 0 Å². The van der Waals surface area contributed by atoms with Crippen LogP contribution in [0.15, 0.2) is 17.4 Å². The van der Waals surface area contributed by atoms with Crippen LogP contribution in [0.3, 0.4) is 0 Å². The largest absolute Gasteiger partial charge is 0.370 e. The minimum absolute atomic E-state index is 0.0751. The molecule has 1 saturated heterocycles. The Labute approximate surface area is 132 Å². The first-order valence-electron chi connectivity index (χ1n) is 8.30. The Balaban J connectivity index is 1.65. The second-order valence-corrected chi connectivity index (χ2v) is 6.42. The number of aromatic nitrogens is 2. The van der Waals surface area contributed by atoms with Gasteiger partial charge in [-0.1, -0.05) is 6.92 Å². The van der Waals surface area contributed by atoms with Gasteiger partial charge in [-0.3, -0.25) is 9.67 Å². The molecule has 0 spiro atoms. The zero-order chi connectivity index (χ0) is 15.5. The van der Waals surface area contributed by atoms with E-state index in [4.69, 9.17) is 9.73 Å². The summed E-state index contributed by atoms with van der Waals surface area (Å²) in [5, 5.41) is 7.67. The maximum Gasteiger partial charge on any atom is 0.194 e. The molecule has 2 aliphatic rings. The van der Waals surface area contributed by atoms with Gasteiger partial charge in [0, 0.05) is 38.4 Å². The summed E-state index contributed by atoms with van der Waals surface area (Å²) in [5.74, 6) is 2.65. The fourth-order valence-corrected chi connectivity index (χ4v) is 2.93. The van der Waals surface area contributed by atoms with Gasteiger partial charge in [-0.05, 0) is 25.2 Å². The van der Waals surface area contributed by atoms with Crippen molar-refractivity contribution < 1.29 is 4.74 Å². The average Bonchev–Trinajstić information content (AvgIpc) is 3.05. The summed E-state index contributed by atoms with van der Waals surface area (Å²) in [4.78, 5) is 7.16. The van der Waals surface area contributed by atoms with Crippen LogP contribution in [-0.2, 0) is 11.8 Å². The van der Waals surface area contributed by atoms with E-state index in [0.29, 0.717) is 0 Å². The maximum atomic E-state index is 5.91. The highest BCUT2D eigenvalue weighted by atomic mass is 16.5. The highest BCUT2D eigenvalue weighted by Crippen LogP contribution is 2.37. The van der Waals surface area contributed by atoms with Gasteiger partial charge in [-0.15, -0.1) is 0 Å². The number of morpholine rings is 1. The SMILES string of the molecule is CCNC(=NCC1CC1C)N1CCOC(c2cnn(C)c2)C1. The first-order chi connectivity index (χ1) is 10.7. The van der Waals surface area contributed by atoms with Crippen LogP contribution in [-0.4, -0.2) is 53.4 Å². The molecule has 6 heteroatoms. The standard InChI is InChI=1S/C16H27N5O/c1-4-17-16(18-8-13-7-12(13)2)21-5-6-22-15(11-21)14-9-19-20(3)10-14/h9-10,12-13,15H,4-8,11H2,1-3H3,(H,17,18). The summed E-state index contributed by atoms with van der Waals surface area (Å²) in [7, 11) is 1.94. The summed E-state index contributed by atoms with van der Waals surface area (Å²) in [6.45, 7) is 8.71. The molecule has 1 aromatic heterocycles. The van der Waals surface area contributed by atoms with E-state index in [2.05, 4.69) is 29.2 Å².